The topological polar surface area (TPSA) is 113 Å². The Morgan fingerprint density at radius 2 is 1.50 bits per heavy atom. The summed E-state index contributed by atoms with van der Waals surface area (Å²) >= 11 is 21.0. The number of ether oxygens (including phenoxy) is 2. The average molecular weight is 346 g/mol. The molecule has 3 N–H and O–H groups in total. The summed E-state index contributed by atoms with van der Waals surface area (Å²) in [5, 5.41) is 25.9. The highest BCUT2D eigenvalue weighted by molar-refractivity contribution is 6.56. The first-order valence-electron chi connectivity index (χ1n) is 4.18. The molecule has 0 aliphatic rings. The zero-order valence-electron chi connectivity index (χ0n) is 8.48. The molecule has 106 valence electrons. The highest BCUT2D eigenvalue weighted by atomic mass is 35.5. The zero-order valence-corrected chi connectivity index (χ0v) is 11.5. The van der Waals surface area contributed by atoms with Gasteiger partial charge in [0.1, 0.15) is 6.10 Å². The number of alkyl halides is 4. The molecule has 0 aromatic rings. The molecule has 0 saturated heterocycles. The highest BCUT2D eigenvalue weighted by Crippen LogP contribution is 2.27. The number of aliphatic carboxylic acids is 2. The molecule has 1 atom stereocenters. The van der Waals surface area contributed by atoms with Crippen LogP contribution in [0.15, 0.2) is 0 Å². The van der Waals surface area contributed by atoms with Crippen LogP contribution in [0.4, 0.5) is 0 Å². The van der Waals surface area contributed by atoms with E-state index in [1.165, 1.54) is 0 Å². The van der Waals surface area contributed by atoms with Crippen LogP contribution in [0.3, 0.4) is 0 Å². The van der Waals surface area contributed by atoms with Crippen LogP contribution in [-0.2, 0) is 19.1 Å². The molecular formula is C7H8Cl4O7. The van der Waals surface area contributed by atoms with Crippen molar-refractivity contribution < 1.29 is 34.4 Å². The minimum Gasteiger partial charge on any atom is -0.477 e. The van der Waals surface area contributed by atoms with Gasteiger partial charge < -0.3 is 24.8 Å². The number of carboxylic acids is 2. The molecule has 0 fully saturated rings. The van der Waals surface area contributed by atoms with Crippen LogP contribution in [0.1, 0.15) is 0 Å². The smallest absolute Gasteiger partial charge is 0.368 e. The van der Waals surface area contributed by atoms with E-state index in [1.807, 2.05) is 0 Å². The van der Waals surface area contributed by atoms with Crippen molar-refractivity contribution in [2.24, 2.45) is 0 Å². The second kappa shape index (κ2) is 6.95. The maximum absolute atomic E-state index is 10.5. The largest absolute Gasteiger partial charge is 0.477 e. The van der Waals surface area contributed by atoms with Gasteiger partial charge in [0.2, 0.25) is 0 Å². The molecule has 7 nitrogen and oxygen atoms in total. The third kappa shape index (κ3) is 5.75. The Balaban J connectivity index is 4.47. The minimum atomic E-state index is -2.62. The molecule has 0 heterocycles. The van der Waals surface area contributed by atoms with Gasteiger partial charge >= 0.3 is 21.0 Å². The van der Waals surface area contributed by atoms with Crippen LogP contribution in [0.2, 0.25) is 0 Å². The zero-order chi connectivity index (χ0) is 14.6. The molecule has 0 rings (SSSR count). The fraction of sp³-hybridized carbons (Fsp3) is 0.714. The van der Waals surface area contributed by atoms with E-state index in [0.717, 1.165) is 0 Å². The van der Waals surface area contributed by atoms with E-state index in [1.54, 1.807) is 0 Å². The molecule has 0 bridgehead atoms. The Morgan fingerprint density at radius 1 is 1.06 bits per heavy atom. The summed E-state index contributed by atoms with van der Waals surface area (Å²) in [5.74, 6) is -3.41. The van der Waals surface area contributed by atoms with Crippen molar-refractivity contribution in [2.75, 3.05) is 13.2 Å². The molecule has 0 saturated carbocycles. The van der Waals surface area contributed by atoms with Gasteiger partial charge in [-0.2, -0.15) is 0 Å². The van der Waals surface area contributed by atoms with Gasteiger partial charge in [-0.1, -0.05) is 46.4 Å². The summed E-state index contributed by atoms with van der Waals surface area (Å²) in [6.07, 6.45) is -1.34. The molecule has 0 spiro atoms. The van der Waals surface area contributed by atoms with Crippen LogP contribution < -0.4 is 0 Å². The van der Waals surface area contributed by atoms with Gasteiger partial charge in [0, 0.05) is 0 Å². The Hall–Kier alpha value is -0.0200. The molecule has 0 aromatic heterocycles. The summed E-state index contributed by atoms with van der Waals surface area (Å²) in [7, 11) is 0. The summed E-state index contributed by atoms with van der Waals surface area (Å²) in [4.78, 5) is 21.0. The van der Waals surface area contributed by atoms with Gasteiger partial charge in [-0.05, 0) is 0 Å². The number of halogens is 4. The predicted octanol–water partition coefficient (Wildman–Crippen LogP) is 0.812. The maximum Gasteiger partial charge on any atom is 0.368 e. The van der Waals surface area contributed by atoms with Crippen LogP contribution in [0.5, 0.6) is 0 Å². The molecule has 0 aromatic carbocycles. The lowest BCUT2D eigenvalue weighted by Gasteiger charge is -2.24. The number of aliphatic hydroxyl groups excluding tert-OH is 1. The molecule has 18 heavy (non-hydrogen) atoms. The lowest BCUT2D eigenvalue weighted by atomic mass is 10.4. The van der Waals surface area contributed by atoms with Gasteiger partial charge in [-0.15, -0.1) is 0 Å². The minimum absolute atomic E-state index is 0.649. The first-order chi connectivity index (χ1) is 8.03. The van der Waals surface area contributed by atoms with E-state index >= 15 is 0 Å². The number of hydrogen-bond acceptors (Lipinski definition) is 5. The summed E-state index contributed by atoms with van der Waals surface area (Å²) in [5.41, 5.74) is 0. The Bertz CT molecular complexity index is 319. The summed E-state index contributed by atoms with van der Waals surface area (Å²) in [6.45, 7) is -1.40. The van der Waals surface area contributed by atoms with Gasteiger partial charge in [0.05, 0.1) is 13.2 Å². The number of carbonyl (C=O) groups is 2. The summed E-state index contributed by atoms with van der Waals surface area (Å²) in [6, 6.07) is 0. The second-order valence-electron chi connectivity index (χ2n) is 2.88. The molecule has 0 aliphatic heterocycles. The molecule has 0 radical (unpaired) electrons. The SMILES string of the molecule is O=C(O)C(Cl)(Cl)OCC(CO)OC(Cl)(Cl)C(=O)O. The average Bonchev–Trinajstić information content (AvgIpc) is 2.23. The normalized spacial score (nSPS) is 14.3. The Labute approximate surface area is 121 Å². The number of hydrogen-bond donors (Lipinski definition) is 3. The fourth-order valence-corrected chi connectivity index (χ4v) is 1.02. The Kier molecular flexibility index (Phi) is 6.94. The first kappa shape index (κ1) is 18.0. The van der Waals surface area contributed by atoms with Crippen molar-refractivity contribution in [1.82, 2.24) is 0 Å². The third-order valence-electron chi connectivity index (χ3n) is 1.47. The second-order valence-corrected chi connectivity index (χ2v) is 5.39. The van der Waals surface area contributed by atoms with Crippen LogP contribution in [-0.4, -0.2) is 55.6 Å². The summed E-state index contributed by atoms with van der Waals surface area (Å²) < 4.78 is 3.88. The van der Waals surface area contributed by atoms with Crippen molar-refractivity contribution in [1.29, 1.82) is 0 Å². The quantitative estimate of drug-likeness (QED) is 0.558. The third-order valence-corrected chi connectivity index (χ3v) is 2.51. The van der Waals surface area contributed by atoms with Crippen molar-refractivity contribution in [2.45, 2.75) is 15.1 Å². The molecule has 0 aliphatic carbocycles. The van der Waals surface area contributed by atoms with Gasteiger partial charge in [-0.25, -0.2) is 9.59 Å². The number of carboxylic acid groups (broad SMARTS) is 2. The van der Waals surface area contributed by atoms with Crippen molar-refractivity contribution in [3.8, 4) is 0 Å². The van der Waals surface area contributed by atoms with Gasteiger partial charge in [-0.3, -0.25) is 0 Å². The molecule has 0 amide bonds. The highest BCUT2D eigenvalue weighted by Gasteiger charge is 2.40. The lowest BCUT2D eigenvalue weighted by molar-refractivity contribution is -0.161. The van der Waals surface area contributed by atoms with E-state index in [0.29, 0.717) is 0 Å². The van der Waals surface area contributed by atoms with Crippen LogP contribution in [0, 0.1) is 0 Å². The van der Waals surface area contributed by atoms with Crippen LogP contribution in [0.25, 0.3) is 0 Å². The van der Waals surface area contributed by atoms with E-state index < -0.39 is 40.3 Å². The predicted molar refractivity (Wildman–Crippen MR) is 62.1 cm³/mol. The monoisotopic (exact) mass is 344 g/mol. The van der Waals surface area contributed by atoms with E-state index in [4.69, 9.17) is 61.7 Å². The molecule has 11 heteroatoms. The fourth-order valence-electron chi connectivity index (χ4n) is 0.643. The van der Waals surface area contributed by atoms with Gasteiger partial charge in [0.25, 0.3) is 0 Å². The lowest BCUT2D eigenvalue weighted by Crippen LogP contribution is -2.40. The van der Waals surface area contributed by atoms with Crippen LogP contribution >= 0.6 is 46.4 Å². The number of aliphatic hydroxyl groups is 1. The standard InChI is InChI=1S/C7H8Cl4O7/c8-6(9,4(13)14)17-2-3(1-12)18-7(10,11)5(15)16/h3,12H,1-2H2,(H,13,14)(H,15,16). The first-order valence-corrected chi connectivity index (χ1v) is 5.69. The van der Waals surface area contributed by atoms with Crippen molar-refractivity contribution in [3.63, 3.8) is 0 Å². The molecule has 1 unspecified atom stereocenters. The Morgan fingerprint density at radius 3 is 1.83 bits per heavy atom. The van der Waals surface area contributed by atoms with Gasteiger partial charge in [0.15, 0.2) is 0 Å². The number of rotatable bonds is 8. The van der Waals surface area contributed by atoms with E-state index in [2.05, 4.69) is 9.47 Å². The van der Waals surface area contributed by atoms with Crippen molar-refractivity contribution in [3.05, 3.63) is 0 Å². The van der Waals surface area contributed by atoms with E-state index in [-0.39, 0.29) is 0 Å². The maximum atomic E-state index is 10.5. The van der Waals surface area contributed by atoms with E-state index in [9.17, 15) is 9.59 Å². The van der Waals surface area contributed by atoms with Crippen molar-refractivity contribution >= 4 is 58.3 Å². The molecular weight excluding hydrogens is 338 g/mol.